The summed E-state index contributed by atoms with van der Waals surface area (Å²) in [5.41, 5.74) is 0. The molecule has 0 amide bonds. The largest absolute Gasteiger partial charge is 0.480 e. The van der Waals surface area contributed by atoms with E-state index in [0.29, 0.717) is 0 Å². The van der Waals surface area contributed by atoms with Crippen LogP contribution in [-0.2, 0) is 4.79 Å². The maximum atomic E-state index is 9.75. The lowest BCUT2D eigenvalue weighted by Gasteiger charge is -1.86. The molecular formula is C4H6NO2. The molecule has 39 valence electrons. The fourth-order valence-corrected chi connectivity index (χ4v) is 0.343. The van der Waals surface area contributed by atoms with Gasteiger partial charge in [0.25, 0.3) is 0 Å². The van der Waals surface area contributed by atoms with Crippen molar-refractivity contribution in [1.29, 1.82) is 0 Å². The highest BCUT2D eigenvalue weighted by Crippen LogP contribution is 2.04. The second-order valence-corrected chi connectivity index (χ2v) is 1.50. The molecule has 0 aromatic rings. The zero-order valence-electron chi connectivity index (χ0n) is 3.79. The average Bonchev–Trinajstić information content (AvgIpc) is 2.17. The Kier molecular flexibility index (Phi) is 0.982. The zero-order chi connectivity index (χ0) is 5.28. The van der Waals surface area contributed by atoms with Crippen LogP contribution in [0.2, 0.25) is 0 Å². The molecule has 3 heteroatoms. The highest BCUT2D eigenvalue weighted by molar-refractivity contribution is 5.76. The molecule has 1 saturated heterocycles. The number of hydrogen-bond donors (Lipinski definition) is 1. The van der Waals surface area contributed by atoms with Crippen molar-refractivity contribution in [2.45, 2.75) is 0 Å². The molecule has 0 unspecified atom stereocenters. The molecule has 1 rings (SSSR count). The Hall–Kier alpha value is -0.570. The molecule has 0 aromatic carbocycles. The summed E-state index contributed by atoms with van der Waals surface area (Å²) in [5, 5.41) is 8.03. The Morgan fingerprint density at radius 3 is 2.43 bits per heavy atom. The zero-order valence-corrected chi connectivity index (χ0v) is 3.79. The standard InChI is InChI=1S/C4H6NO2/c6-4(7)3-5-1-2-5/h3H,1-2H2,(H,6,7). The van der Waals surface area contributed by atoms with E-state index in [1.54, 1.807) is 4.90 Å². The lowest BCUT2D eigenvalue weighted by molar-refractivity contribution is -0.134. The summed E-state index contributed by atoms with van der Waals surface area (Å²) in [6.07, 6.45) is 0. The average molecular weight is 100 g/mol. The number of nitrogens with zero attached hydrogens (tertiary/aromatic N) is 1. The van der Waals surface area contributed by atoms with Crippen LogP contribution in [0.25, 0.3) is 0 Å². The van der Waals surface area contributed by atoms with Gasteiger partial charge in [0, 0.05) is 13.1 Å². The Morgan fingerprint density at radius 2 is 2.29 bits per heavy atom. The van der Waals surface area contributed by atoms with Gasteiger partial charge in [-0.25, -0.2) is 0 Å². The van der Waals surface area contributed by atoms with Crippen molar-refractivity contribution in [3.8, 4) is 0 Å². The molecule has 1 radical (unpaired) electrons. The first kappa shape index (κ1) is 4.59. The third kappa shape index (κ3) is 1.55. The van der Waals surface area contributed by atoms with E-state index in [4.69, 9.17) is 5.11 Å². The molecular weight excluding hydrogens is 94.0 g/mol. The summed E-state index contributed by atoms with van der Waals surface area (Å²) in [5.74, 6) is -0.850. The molecule has 1 N–H and O–H groups in total. The van der Waals surface area contributed by atoms with Crippen LogP contribution < -0.4 is 0 Å². The summed E-state index contributed by atoms with van der Waals surface area (Å²) >= 11 is 0. The molecule has 0 aliphatic carbocycles. The highest BCUT2D eigenvalue weighted by Gasteiger charge is 2.19. The van der Waals surface area contributed by atoms with Gasteiger partial charge < -0.3 is 5.11 Å². The smallest absolute Gasteiger partial charge is 0.323 e. The first-order chi connectivity index (χ1) is 3.29. The van der Waals surface area contributed by atoms with E-state index in [0.717, 1.165) is 13.1 Å². The topological polar surface area (TPSA) is 40.3 Å². The maximum absolute atomic E-state index is 9.75. The van der Waals surface area contributed by atoms with E-state index in [-0.39, 0.29) is 0 Å². The maximum Gasteiger partial charge on any atom is 0.323 e. The fourth-order valence-electron chi connectivity index (χ4n) is 0.343. The fraction of sp³-hybridized carbons (Fsp3) is 0.500. The number of rotatable bonds is 2. The van der Waals surface area contributed by atoms with Crippen molar-refractivity contribution in [2.24, 2.45) is 0 Å². The summed E-state index contributed by atoms with van der Waals surface area (Å²) < 4.78 is 0. The Bertz CT molecular complexity index is 87.7. The van der Waals surface area contributed by atoms with Gasteiger partial charge in [0.15, 0.2) is 0 Å². The van der Waals surface area contributed by atoms with Crippen LogP contribution in [0, 0.1) is 6.54 Å². The molecule has 1 heterocycles. The van der Waals surface area contributed by atoms with Gasteiger partial charge in [-0.2, -0.15) is 0 Å². The second kappa shape index (κ2) is 1.50. The van der Waals surface area contributed by atoms with Crippen LogP contribution in [-0.4, -0.2) is 29.1 Å². The molecule has 0 atom stereocenters. The van der Waals surface area contributed by atoms with E-state index in [9.17, 15) is 4.79 Å². The second-order valence-electron chi connectivity index (χ2n) is 1.50. The molecule has 1 fully saturated rings. The van der Waals surface area contributed by atoms with Gasteiger partial charge in [0.2, 0.25) is 0 Å². The number of carboxylic acids is 1. The van der Waals surface area contributed by atoms with Crippen LogP contribution in [0.4, 0.5) is 0 Å². The summed E-state index contributed by atoms with van der Waals surface area (Å²) in [7, 11) is 0. The normalized spacial score (nSPS) is 19.4. The number of carbonyl (C=O) groups is 1. The molecule has 0 aromatic heterocycles. The highest BCUT2D eigenvalue weighted by atomic mass is 16.4. The van der Waals surface area contributed by atoms with Crippen LogP contribution in [0.1, 0.15) is 0 Å². The van der Waals surface area contributed by atoms with Gasteiger partial charge in [-0.3, -0.25) is 9.69 Å². The number of aliphatic carboxylic acids is 1. The molecule has 0 spiro atoms. The first-order valence-electron chi connectivity index (χ1n) is 2.11. The monoisotopic (exact) mass is 100 g/mol. The van der Waals surface area contributed by atoms with E-state index in [1.165, 1.54) is 6.54 Å². The van der Waals surface area contributed by atoms with Crippen molar-refractivity contribution in [3.05, 3.63) is 6.54 Å². The molecule has 0 bridgehead atoms. The molecule has 1 aliphatic heterocycles. The van der Waals surface area contributed by atoms with E-state index in [1.807, 2.05) is 0 Å². The van der Waals surface area contributed by atoms with Gasteiger partial charge in [0.1, 0.15) is 6.54 Å². The number of hydrogen-bond acceptors (Lipinski definition) is 2. The van der Waals surface area contributed by atoms with Crippen LogP contribution in [0.15, 0.2) is 0 Å². The molecule has 1 aliphatic rings. The Balaban J connectivity index is 2.08. The van der Waals surface area contributed by atoms with Crippen molar-refractivity contribution < 1.29 is 9.90 Å². The third-order valence-corrected chi connectivity index (χ3v) is 0.775. The molecule has 7 heavy (non-hydrogen) atoms. The molecule has 3 nitrogen and oxygen atoms in total. The quantitative estimate of drug-likeness (QED) is 0.478. The minimum Gasteiger partial charge on any atom is -0.480 e. The van der Waals surface area contributed by atoms with Crippen molar-refractivity contribution >= 4 is 5.97 Å². The van der Waals surface area contributed by atoms with Crippen molar-refractivity contribution in [2.75, 3.05) is 13.1 Å². The lowest BCUT2D eigenvalue weighted by atomic mass is 10.7. The van der Waals surface area contributed by atoms with E-state index in [2.05, 4.69) is 0 Å². The lowest BCUT2D eigenvalue weighted by Crippen LogP contribution is -2.02. The van der Waals surface area contributed by atoms with Crippen LogP contribution in [0.3, 0.4) is 0 Å². The minimum absolute atomic E-state index is 0.850. The predicted octanol–water partition coefficient (Wildman–Crippen LogP) is -0.452. The minimum atomic E-state index is -0.850. The third-order valence-electron chi connectivity index (χ3n) is 0.775. The summed E-state index contributed by atoms with van der Waals surface area (Å²) in [4.78, 5) is 11.5. The van der Waals surface area contributed by atoms with Crippen molar-refractivity contribution in [1.82, 2.24) is 4.90 Å². The van der Waals surface area contributed by atoms with Gasteiger partial charge in [-0.05, 0) is 0 Å². The van der Waals surface area contributed by atoms with E-state index < -0.39 is 5.97 Å². The van der Waals surface area contributed by atoms with Crippen LogP contribution >= 0.6 is 0 Å². The van der Waals surface area contributed by atoms with E-state index >= 15 is 0 Å². The first-order valence-corrected chi connectivity index (χ1v) is 2.11. The Morgan fingerprint density at radius 1 is 1.71 bits per heavy atom. The van der Waals surface area contributed by atoms with Gasteiger partial charge in [-0.15, -0.1) is 0 Å². The predicted molar refractivity (Wildman–Crippen MR) is 23.5 cm³/mol. The summed E-state index contributed by atoms with van der Waals surface area (Å²) in [6, 6.07) is 0. The number of carboxylic acid groups (broad SMARTS) is 1. The summed E-state index contributed by atoms with van der Waals surface area (Å²) in [6.45, 7) is 3.01. The SMILES string of the molecule is O=C(O)[CH]N1CC1. The Labute approximate surface area is 41.5 Å². The van der Waals surface area contributed by atoms with Gasteiger partial charge in [-0.1, -0.05) is 0 Å². The van der Waals surface area contributed by atoms with Gasteiger partial charge >= 0.3 is 5.97 Å². The van der Waals surface area contributed by atoms with Gasteiger partial charge in [0.05, 0.1) is 0 Å². The van der Waals surface area contributed by atoms with Crippen molar-refractivity contribution in [3.63, 3.8) is 0 Å². The van der Waals surface area contributed by atoms with Crippen LogP contribution in [0.5, 0.6) is 0 Å². The molecule has 0 saturated carbocycles.